The molecule has 1 N–H and O–H groups in total. The molecule has 2 heterocycles. The van der Waals surface area contributed by atoms with E-state index >= 15 is 0 Å². The number of hydrogen-bond acceptors (Lipinski definition) is 4. The van der Waals surface area contributed by atoms with Crippen LogP contribution >= 0.6 is 27.7 Å². The van der Waals surface area contributed by atoms with E-state index in [1.807, 2.05) is 11.8 Å². The lowest BCUT2D eigenvalue weighted by atomic mass is 10.2. The third-order valence-corrected chi connectivity index (χ3v) is 5.18. The molecular formula is C13H16BrN3OS. The Bertz CT molecular complexity index is 532. The van der Waals surface area contributed by atoms with Crippen LogP contribution in [0, 0.1) is 12.3 Å². The molecule has 1 aromatic heterocycles. The molecule has 1 fully saturated rings. The Labute approximate surface area is 125 Å². The van der Waals surface area contributed by atoms with E-state index in [0.717, 1.165) is 12.2 Å². The van der Waals surface area contributed by atoms with E-state index in [1.54, 1.807) is 6.20 Å². The van der Waals surface area contributed by atoms with E-state index < -0.39 is 0 Å². The van der Waals surface area contributed by atoms with Gasteiger partial charge in [-0.2, -0.15) is 16.9 Å². The van der Waals surface area contributed by atoms with Gasteiger partial charge in [-0.05, 0) is 34.5 Å². The number of aromatic nitrogens is 2. The summed E-state index contributed by atoms with van der Waals surface area (Å²) in [5, 5.41) is 7.97. The number of terminal acetylenes is 1. The predicted octanol–water partition coefficient (Wildman–Crippen LogP) is 2.34. The average Bonchev–Trinajstić information content (AvgIpc) is 2.44. The molecule has 0 aliphatic carbocycles. The molecule has 1 saturated heterocycles. The van der Waals surface area contributed by atoms with Crippen LogP contribution in [0.4, 0.5) is 5.69 Å². The van der Waals surface area contributed by atoms with Crippen LogP contribution in [-0.2, 0) is 6.54 Å². The van der Waals surface area contributed by atoms with Crippen LogP contribution in [0.3, 0.4) is 0 Å². The lowest BCUT2D eigenvalue weighted by molar-refractivity contribution is 0.656. The number of rotatable bonds is 4. The molecule has 19 heavy (non-hydrogen) atoms. The molecule has 6 heteroatoms. The highest BCUT2D eigenvalue weighted by Crippen LogP contribution is 2.26. The largest absolute Gasteiger partial charge is 0.382 e. The maximum Gasteiger partial charge on any atom is 0.284 e. The summed E-state index contributed by atoms with van der Waals surface area (Å²) in [6, 6.07) is 0. The van der Waals surface area contributed by atoms with E-state index in [1.165, 1.54) is 29.7 Å². The summed E-state index contributed by atoms with van der Waals surface area (Å²) < 4.78 is 1.77. The van der Waals surface area contributed by atoms with Crippen LogP contribution in [0.15, 0.2) is 15.5 Å². The Hall–Kier alpha value is -0.930. The summed E-state index contributed by atoms with van der Waals surface area (Å²) in [4.78, 5) is 11.9. The van der Waals surface area contributed by atoms with E-state index in [0.29, 0.717) is 9.72 Å². The maximum absolute atomic E-state index is 11.9. The molecule has 0 radical (unpaired) electrons. The minimum absolute atomic E-state index is 0.191. The minimum atomic E-state index is -0.195. The summed E-state index contributed by atoms with van der Waals surface area (Å²) in [5.41, 5.74) is 0.545. The van der Waals surface area contributed by atoms with E-state index in [2.05, 4.69) is 32.3 Å². The van der Waals surface area contributed by atoms with Crippen molar-refractivity contribution >= 4 is 33.4 Å². The number of thioether (sulfide) groups is 1. The predicted molar refractivity (Wildman–Crippen MR) is 83.6 cm³/mol. The van der Waals surface area contributed by atoms with E-state index in [4.69, 9.17) is 6.42 Å². The lowest BCUT2D eigenvalue weighted by Gasteiger charge is -2.22. The first-order valence-electron chi connectivity index (χ1n) is 6.27. The molecule has 1 atom stereocenters. The van der Waals surface area contributed by atoms with Crippen LogP contribution in [-0.4, -0.2) is 27.3 Å². The van der Waals surface area contributed by atoms with Crippen molar-refractivity contribution in [2.45, 2.75) is 31.1 Å². The van der Waals surface area contributed by atoms with E-state index in [-0.39, 0.29) is 12.1 Å². The topological polar surface area (TPSA) is 46.9 Å². The van der Waals surface area contributed by atoms with Crippen molar-refractivity contribution in [3.63, 3.8) is 0 Å². The van der Waals surface area contributed by atoms with Crippen molar-refractivity contribution in [2.24, 2.45) is 0 Å². The van der Waals surface area contributed by atoms with Crippen LogP contribution in [0.5, 0.6) is 0 Å². The number of hydrogen-bond donors (Lipinski definition) is 1. The van der Waals surface area contributed by atoms with Crippen molar-refractivity contribution in [1.29, 1.82) is 0 Å². The average molecular weight is 342 g/mol. The SMILES string of the molecule is C#CCn1ncc(NCC2CCCCS2)c(Br)c1=O. The van der Waals surface area contributed by atoms with Crippen molar-refractivity contribution < 1.29 is 0 Å². The molecule has 0 aromatic carbocycles. The van der Waals surface area contributed by atoms with E-state index in [9.17, 15) is 4.79 Å². The molecule has 2 rings (SSSR count). The smallest absolute Gasteiger partial charge is 0.284 e. The first-order valence-corrected chi connectivity index (χ1v) is 8.11. The Balaban J connectivity index is 2.02. The molecule has 0 saturated carbocycles. The number of halogens is 1. The molecule has 1 aromatic rings. The zero-order valence-electron chi connectivity index (χ0n) is 10.6. The Morgan fingerprint density at radius 2 is 2.47 bits per heavy atom. The number of nitrogens with one attached hydrogen (secondary N) is 1. The molecule has 102 valence electrons. The second-order valence-corrected chi connectivity index (χ2v) is 6.61. The van der Waals surface area contributed by atoms with Gasteiger partial charge in [0.25, 0.3) is 5.56 Å². The Morgan fingerprint density at radius 1 is 1.63 bits per heavy atom. The highest BCUT2D eigenvalue weighted by Gasteiger charge is 2.15. The maximum atomic E-state index is 11.9. The first kappa shape index (κ1) is 14.5. The van der Waals surface area contributed by atoms with Gasteiger partial charge in [-0.3, -0.25) is 4.79 Å². The molecule has 1 unspecified atom stereocenters. The number of nitrogens with zero attached hydrogens (tertiary/aromatic N) is 2. The van der Waals surface area contributed by atoms with Crippen LogP contribution in [0.25, 0.3) is 0 Å². The van der Waals surface area contributed by atoms with Crippen molar-refractivity contribution in [1.82, 2.24) is 9.78 Å². The Morgan fingerprint density at radius 3 is 3.16 bits per heavy atom. The second kappa shape index (κ2) is 7.01. The van der Waals surface area contributed by atoms with Crippen LogP contribution in [0.2, 0.25) is 0 Å². The van der Waals surface area contributed by atoms with Gasteiger partial charge in [0.15, 0.2) is 0 Å². The highest BCUT2D eigenvalue weighted by atomic mass is 79.9. The van der Waals surface area contributed by atoms with Gasteiger partial charge in [-0.1, -0.05) is 12.3 Å². The Kier molecular flexibility index (Phi) is 5.34. The fourth-order valence-corrected chi connectivity index (χ4v) is 3.67. The molecule has 1 aliphatic rings. The fourth-order valence-electron chi connectivity index (χ4n) is 1.98. The second-order valence-electron chi connectivity index (χ2n) is 4.41. The number of anilines is 1. The van der Waals surface area contributed by atoms with Gasteiger partial charge in [0.1, 0.15) is 11.0 Å². The van der Waals surface area contributed by atoms with Crippen molar-refractivity contribution in [2.75, 3.05) is 17.6 Å². The third kappa shape index (κ3) is 3.77. The van der Waals surface area contributed by atoms with Crippen molar-refractivity contribution in [3.05, 3.63) is 21.0 Å². The molecule has 4 nitrogen and oxygen atoms in total. The van der Waals surface area contributed by atoms with Gasteiger partial charge in [0.05, 0.1) is 11.9 Å². The monoisotopic (exact) mass is 341 g/mol. The molecular weight excluding hydrogens is 326 g/mol. The quantitative estimate of drug-likeness (QED) is 0.854. The van der Waals surface area contributed by atoms with Gasteiger partial charge < -0.3 is 5.32 Å². The highest BCUT2D eigenvalue weighted by molar-refractivity contribution is 9.10. The minimum Gasteiger partial charge on any atom is -0.382 e. The van der Waals surface area contributed by atoms with Gasteiger partial charge >= 0.3 is 0 Å². The van der Waals surface area contributed by atoms with Crippen molar-refractivity contribution in [3.8, 4) is 12.3 Å². The van der Waals surface area contributed by atoms with Gasteiger partial charge in [-0.25, -0.2) is 4.68 Å². The summed E-state index contributed by atoms with van der Waals surface area (Å²) in [5.74, 6) is 3.64. The summed E-state index contributed by atoms with van der Waals surface area (Å²) in [6.07, 6.45) is 10.7. The first-order chi connectivity index (χ1) is 9.22. The van der Waals surface area contributed by atoms with Gasteiger partial charge in [-0.15, -0.1) is 6.42 Å². The zero-order chi connectivity index (χ0) is 13.7. The summed E-state index contributed by atoms with van der Waals surface area (Å²) in [6.45, 7) is 1.06. The summed E-state index contributed by atoms with van der Waals surface area (Å²) >= 11 is 5.31. The molecule has 0 bridgehead atoms. The zero-order valence-corrected chi connectivity index (χ0v) is 13.0. The molecule has 1 aliphatic heterocycles. The third-order valence-electron chi connectivity index (χ3n) is 3.02. The van der Waals surface area contributed by atoms with Crippen LogP contribution in [0.1, 0.15) is 19.3 Å². The normalized spacial score (nSPS) is 18.8. The van der Waals surface area contributed by atoms with Crippen LogP contribution < -0.4 is 10.9 Å². The van der Waals surface area contributed by atoms with Gasteiger partial charge in [0.2, 0.25) is 0 Å². The molecule has 0 spiro atoms. The standard InChI is InChI=1S/C13H16BrN3OS/c1-2-6-17-13(18)12(14)11(9-16-17)15-8-10-5-3-4-7-19-10/h1,9-10,15H,3-8H2. The summed E-state index contributed by atoms with van der Waals surface area (Å²) in [7, 11) is 0. The lowest BCUT2D eigenvalue weighted by Crippen LogP contribution is -2.26. The fraction of sp³-hybridized carbons (Fsp3) is 0.538. The van der Waals surface area contributed by atoms with Gasteiger partial charge in [0, 0.05) is 11.8 Å². The molecule has 0 amide bonds.